The normalized spacial score (nSPS) is 25.4. The van der Waals surface area contributed by atoms with Crippen molar-refractivity contribution in [2.75, 3.05) is 0 Å². The molecule has 0 aliphatic carbocycles. The molecule has 0 fully saturated rings. The highest BCUT2D eigenvalue weighted by atomic mass is 15.2. The number of hydrogen-bond acceptors (Lipinski definition) is 1. The fourth-order valence-electron chi connectivity index (χ4n) is 0.763. The van der Waals surface area contributed by atoms with Crippen LogP contribution in [0.5, 0.6) is 0 Å². The van der Waals surface area contributed by atoms with E-state index >= 15 is 0 Å². The summed E-state index contributed by atoms with van der Waals surface area (Å²) in [5, 5.41) is 6.72. The Labute approximate surface area is 55.7 Å². The molecule has 0 aromatic carbocycles. The van der Waals surface area contributed by atoms with E-state index in [0.717, 1.165) is 0 Å². The minimum atomic E-state index is 0.312. The van der Waals surface area contributed by atoms with E-state index in [-0.39, 0.29) is 0 Å². The van der Waals surface area contributed by atoms with Gasteiger partial charge in [0.15, 0.2) is 6.21 Å². The van der Waals surface area contributed by atoms with Gasteiger partial charge in [0.05, 0.1) is 12.1 Å². The third kappa shape index (κ3) is 1.37. The van der Waals surface area contributed by atoms with Gasteiger partial charge in [0.25, 0.3) is 0 Å². The summed E-state index contributed by atoms with van der Waals surface area (Å²) in [5.74, 6) is 0.484. The van der Waals surface area contributed by atoms with Gasteiger partial charge in [-0.1, -0.05) is 20.8 Å². The van der Waals surface area contributed by atoms with E-state index in [4.69, 9.17) is 0 Å². The maximum absolute atomic E-state index is 3.90. The number of hydrogen-bond donors (Lipinski definition) is 1. The molecule has 0 saturated heterocycles. The minimum absolute atomic E-state index is 0.312. The summed E-state index contributed by atoms with van der Waals surface area (Å²) in [6, 6.07) is 0. The molecule has 1 heterocycles. The van der Waals surface area contributed by atoms with Crippen molar-refractivity contribution in [1.82, 2.24) is 0 Å². The van der Waals surface area contributed by atoms with Gasteiger partial charge in [-0.05, 0) is 10.5 Å². The van der Waals surface area contributed by atoms with Crippen LogP contribution in [0, 0.1) is 11.3 Å². The van der Waals surface area contributed by atoms with Gasteiger partial charge in [-0.15, -0.1) is 5.10 Å². The number of nitrogens with zero attached hydrogens (tertiary/aromatic N) is 1. The molecule has 9 heavy (non-hydrogen) atoms. The summed E-state index contributed by atoms with van der Waals surface area (Å²) in [7, 11) is 0. The lowest BCUT2D eigenvalue weighted by Crippen LogP contribution is -2.59. The van der Waals surface area contributed by atoms with Crippen molar-refractivity contribution >= 4 is 12.4 Å². The van der Waals surface area contributed by atoms with Crippen LogP contribution in [-0.2, 0) is 0 Å². The van der Waals surface area contributed by atoms with Crippen LogP contribution in [0.4, 0.5) is 0 Å². The summed E-state index contributed by atoms with van der Waals surface area (Å²) in [6.45, 7) is 6.60. The van der Waals surface area contributed by atoms with Gasteiger partial charge in [-0.25, -0.2) is 0 Å². The first-order chi connectivity index (χ1) is 4.11. The first-order valence-corrected chi connectivity index (χ1v) is 3.23. The Morgan fingerprint density at radius 1 is 1.44 bits per heavy atom. The zero-order valence-corrected chi connectivity index (χ0v) is 6.18. The molecule has 0 aromatic heterocycles. The van der Waals surface area contributed by atoms with Crippen LogP contribution in [0.15, 0.2) is 5.10 Å². The van der Waals surface area contributed by atoms with Gasteiger partial charge in [0, 0.05) is 0 Å². The molecule has 1 rings (SSSR count). The average molecular weight is 125 g/mol. The summed E-state index contributed by atoms with van der Waals surface area (Å²) < 4.78 is 0. The number of rotatable bonds is 0. The lowest BCUT2D eigenvalue weighted by atomic mass is 9.83. The molecule has 0 saturated carbocycles. The molecule has 1 N–H and O–H groups in total. The second-order valence-electron chi connectivity index (χ2n) is 3.47. The Bertz CT molecular complexity index is 139. The number of nitrogens with one attached hydrogen (secondary N) is 1. The Morgan fingerprint density at radius 3 is 2.33 bits per heavy atom. The SMILES string of the molecule is CC(C)(C)C1C=N[NH+]=C1. The van der Waals surface area contributed by atoms with E-state index < -0.39 is 0 Å². The zero-order chi connectivity index (χ0) is 6.91. The van der Waals surface area contributed by atoms with Crippen LogP contribution >= 0.6 is 0 Å². The average Bonchev–Trinajstić information content (AvgIpc) is 2.08. The molecule has 1 aliphatic rings. The molecule has 2 heteroatoms. The van der Waals surface area contributed by atoms with Gasteiger partial charge >= 0.3 is 0 Å². The van der Waals surface area contributed by atoms with Gasteiger partial charge < -0.3 is 0 Å². The summed E-state index contributed by atoms with van der Waals surface area (Å²) in [5.41, 5.74) is 0.312. The molecule has 1 aliphatic heterocycles. The second-order valence-corrected chi connectivity index (χ2v) is 3.47. The van der Waals surface area contributed by atoms with Crippen molar-refractivity contribution in [3.8, 4) is 0 Å². The Morgan fingerprint density at radius 2 is 2.11 bits per heavy atom. The standard InChI is InChI=1S/C7H12N2/c1-7(2,3)6-4-8-9-5-6/h4-6H,1-3H3/p+1. The van der Waals surface area contributed by atoms with E-state index in [1.165, 1.54) is 0 Å². The molecule has 0 radical (unpaired) electrons. The highest BCUT2D eigenvalue weighted by Gasteiger charge is 2.26. The van der Waals surface area contributed by atoms with Crippen molar-refractivity contribution in [2.24, 2.45) is 16.4 Å². The fourth-order valence-corrected chi connectivity index (χ4v) is 0.763. The Hall–Kier alpha value is -0.660. The first kappa shape index (κ1) is 6.46. The van der Waals surface area contributed by atoms with E-state index in [0.29, 0.717) is 11.3 Å². The lowest BCUT2D eigenvalue weighted by molar-refractivity contribution is -0.453. The van der Waals surface area contributed by atoms with Crippen LogP contribution in [0.2, 0.25) is 0 Å². The molecule has 1 unspecified atom stereocenters. The molecule has 2 nitrogen and oxygen atoms in total. The van der Waals surface area contributed by atoms with E-state index in [2.05, 4.69) is 31.0 Å². The van der Waals surface area contributed by atoms with Crippen molar-refractivity contribution in [3.63, 3.8) is 0 Å². The molecule has 1 atom stereocenters. The maximum atomic E-state index is 3.90. The second kappa shape index (κ2) is 1.94. The smallest absolute Gasteiger partial charge is 0.110 e. The predicted octanol–water partition coefficient (Wildman–Crippen LogP) is -0.201. The molecular weight excluding hydrogens is 112 g/mol. The quantitative estimate of drug-likeness (QED) is 0.464. The highest BCUT2D eigenvalue weighted by molar-refractivity contribution is 5.83. The molecule has 0 spiro atoms. The van der Waals surface area contributed by atoms with Crippen LogP contribution in [-0.4, -0.2) is 12.4 Å². The largest absolute Gasteiger partial charge is 0.179 e. The van der Waals surface area contributed by atoms with Gasteiger partial charge in [-0.3, -0.25) is 0 Å². The molecular formula is C7H13N2+. The molecule has 0 aromatic rings. The van der Waals surface area contributed by atoms with Gasteiger partial charge in [0.1, 0.15) is 0 Å². The topological polar surface area (TPSA) is 26.3 Å². The van der Waals surface area contributed by atoms with Crippen LogP contribution < -0.4 is 5.10 Å². The maximum Gasteiger partial charge on any atom is 0.179 e. The van der Waals surface area contributed by atoms with Crippen LogP contribution in [0.1, 0.15) is 20.8 Å². The molecule has 0 bridgehead atoms. The van der Waals surface area contributed by atoms with E-state index in [9.17, 15) is 0 Å². The van der Waals surface area contributed by atoms with E-state index in [1.54, 1.807) is 0 Å². The van der Waals surface area contributed by atoms with Gasteiger partial charge in [0.2, 0.25) is 0 Å². The lowest BCUT2D eigenvalue weighted by Gasteiger charge is -2.18. The minimum Gasteiger partial charge on any atom is -0.110 e. The predicted molar refractivity (Wildman–Crippen MR) is 38.5 cm³/mol. The summed E-state index contributed by atoms with van der Waals surface area (Å²) in [6.07, 6.45) is 3.96. The number of hydrazone groups is 1. The molecule has 50 valence electrons. The van der Waals surface area contributed by atoms with Crippen molar-refractivity contribution in [3.05, 3.63) is 0 Å². The third-order valence-electron chi connectivity index (χ3n) is 1.56. The van der Waals surface area contributed by atoms with E-state index in [1.807, 2.05) is 12.4 Å². The monoisotopic (exact) mass is 125 g/mol. The van der Waals surface area contributed by atoms with Crippen LogP contribution in [0.3, 0.4) is 0 Å². The Kier molecular flexibility index (Phi) is 1.39. The Balaban J connectivity index is 2.64. The van der Waals surface area contributed by atoms with Crippen molar-refractivity contribution in [2.45, 2.75) is 20.8 Å². The first-order valence-electron chi connectivity index (χ1n) is 3.23. The fraction of sp³-hybridized carbons (Fsp3) is 0.714. The highest BCUT2D eigenvalue weighted by Crippen LogP contribution is 2.22. The van der Waals surface area contributed by atoms with Gasteiger partial charge in [-0.2, -0.15) is 0 Å². The summed E-state index contributed by atoms with van der Waals surface area (Å²) in [4.78, 5) is 0. The summed E-state index contributed by atoms with van der Waals surface area (Å²) >= 11 is 0. The third-order valence-corrected chi connectivity index (χ3v) is 1.56. The van der Waals surface area contributed by atoms with Crippen molar-refractivity contribution < 1.29 is 5.10 Å². The van der Waals surface area contributed by atoms with Crippen LogP contribution in [0.25, 0.3) is 0 Å². The zero-order valence-electron chi connectivity index (χ0n) is 6.18. The van der Waals surface area contributed by atoms with Crippen molar-refractivity contribution in [1.29, 1.82) is 0 Å². The molecule has 0 amide bonds.